The molecule has 0 bridgehead atoms. The number of aliphatic imine (C=N–C) groups is 1. The Morgan fingerprint density at radius 1 is 1.11 bits per heavy atom. The Bertz CT molecular complexity index is 1200. The van der Waals surface area contributed by atoms with E-state index in [1.807, 2.05) is 12.1 Å². The standard InChI is InChI=1S/C28H34N4O3S.ClH/c1-4-25-26(30-31-28(33)36-25)19-11-13-22-18(16-19)8-7-15-32(22)27(29-21-9-5-6-10-21)20-12-14-23(34-2)24(17-20)35-3;/h11-14,16-17,21,25H,4-10,15H2,1-3H3,(H,31,33);1H. The van der Waals surface area contributed by atoms with Crippen molar-refractivity contribution in [2.24, 2.45) is 10.1 Å². The molecule has 5 rings (SSSR count). The first kappa shape index (κ1) is 27.3. The third-order valence-electron chi connectivity index (χ3n) is 7.21. The van der Waals surface area contributed by atoms with E-state index in [4.69, 9.17) is 14.5 Å². The number of methoxy groups -OCH3 is 2. The number of amidine groups is 1. The van der Waals surface area contributed by atoms with Gasteiger partial charge in [-0.25, -0.2) is 5.43 Å². The number of ether oxygens (including phenoxy) is 2. The molecule has 1 N–H and O–H groups in total. The number of rotatable bonds is 6. The average molecular weight is 543 g/mol. The van der Waals surface area contributed by atoms with E-state index in [0.29, 0.717) is 17.5 Å². The number of carbonyl (C=O) groups is 1. The van der Waals surface area contributed by atoms with Gasteiger partial charge in [-0.3, -0.25) is 9.79 Å². The Labute approximate surface area is 229 Å². The molecule has 3 aliphatic rings. The molecule has 2 aromatic rings. The molecule has 1 atom stereocenters. The van der Waals surface area contributed by atoms with Gasteiger partial charge in [-0.2, -0.15) is 5.10 Å². The van der Waals surface area contributed by atoms with Gasteiger partial charge in [-0.1, -0.05) is 37.6 Å². The van der Waals surface area contributed by atoms with E-state index in [0.717, 1.165) is 61.3 Å². The lowest BCUT2D eigenvalue weighted by atomic mass is 9.95. The number of benzene rings is 2. The largest absolute Gasteiger partial charge is 0.493 e. The molecule has 0 spiro atoms. The van der Waals surface area contributed by atoms with Crippen molar-refractivity contribution in [2.45, 2.75) is 63.2 Å². The number of hydrogen-bond donors (Lipinski definition) is 1. The number of amides is 1. The average Bonchev–Trinajstić information content (AvgIpc) is 3.44. The van der Waals surface area contributed by atoms with Crippen molar-refractivity contribution in [1.82, 2.24) is 5.43 Å². The predicted molar refractivity (Wildman–Crippen MR) is 154 cm³/mol. The van der Waals surface area contributed by atoms with Crippen molar-refractivity contribution in [3.63, 3.8) is 0 Å². The molecule has 1 fully saturated rings. The summed E-state index contributed by atoms with van der Waals surface area (Å²) >= 11 is 1.32. The van der Waals surface area contributed by atoms with E-state index >= 15 is 0 Å². The highest BCUT2D eigenvalue weighted by Crippen LogP contribution is 2.35. The fraction of sp³-hybridized carbons (Fsp3) is 0.464. The number of nitrogens with zero attached hydrogens (tertiary/aromatic N) is 3. The molecule has 0 radical (unpaired) electrons. The number of halogens is 1. The van der Waals surface area contributed by atoms with Crippen molar-refractivity contribution in [2.75, 3.05) is 25.7 Å². The molecule has 1 amide bonds. The van der Waals surface area contributed by atoms with Crippen LogP contribution in [0.3, 0.4) is 0 Å². The second-order valence-corrected chi connectivity index (χ2v) is 10.6. The lowest BCUT2D eigenvalue weighted by Gasteiger charge is -2.34. The van der Waals surface area contributed by atoms with Crippen LogP contribution in [0.1, 0.15) is 62.1 Å². The van der Waals surface area contributed by atoms with Gasteiger partial charge in [-0.15, -0.1) is 12.4 Å². The molecule has 1 saturated carbocycles. The van der Waals surface area contributed by atoms with Crippen molar-refractivity contribution in [1.29, 1.82) is 0 Å². The first-order chi connectivity index (χ1) is 17.6. The summed E-state index contributed by atoms with van der Waals surface area (Å²) in [5.74, 6) is 2.43. The summed E-state index contributed by atoms with van der Waals surface area (Å²) in [6, 6.07) is 13.0. The van der Waals surface area contributed by atoms with Gasteiger partial charge in [0, 0.05) is 17.8 Å². The highest BCUT2D eigenvalue weighted by molar-refractivity contribution is 8.14. The van der Waals surface area contributed by atoms with Crippen LogP contribution in [0.25, 0.3) is 0 Å². The monoisotopic (exact) mass is 542 g/mol. The van der Waals surface area contributed by atoms with E-state index in [-0.39, 0.29) is 22.9 Å². The number of anilines is 1. The summed E-state index contributed by atoms with van der Waals surface area (Å²) in [5, 5.41) is 4.41. The van der Waals surface area contributed by atoms with Crippen LogP contribution in [-0.4, -0.2) is 48.8 Å². The maximum absolute atomic E-state index is 11.8. The maximum Gasteiger partial charge on any atom is 0.299 e. The second-order valence-electron chi connectivity index (χ2n) is 9.47. The number of hydrogen-bond acceptors (Lipinski definition) is 6. The number of fused-ring (bicyclic) bond motifs is 1. The fourth-order valence-corrected chi connectivity index (χ4v) is 6.20. The van der Waals surface area contributed by atoms with Crippen LogP contribution in [0, 0.1) is 0 Å². The van der Waals surface area contributed by atoms with Crippen molar-refractivity contribution < 1.29 is 14.3 Å². The van der Waals surface area contributed by atoms with Crippen LogP contribution < -0.4 is 19.8 Å². The quantitative estimate of drug-likeness (QED) is 0.347. The smallest absolute Gasteiger partial charge is 0.299 e. The van der Waals surface area contributed by atoms with Gasteiger partial charge < -0.3 is 14.4 Å². The maximum atomic E-state index is 11.8. The Hall–Kier alpha value is -2.71. The molecular weight excluding hydrogens is 508 g/mol. The van der Waals surface area contributed by atoms with Crippen LogP contribution >= 0.6 is 24.2 Å². The van der Waals surface area contributed by atoms with Gasteiger partial charge in [0.15, 0.2) is 11.5 Å². The third kappa shape index (κ3) is 5.75. The first-order valence-electron chi connectivity index (χ1n) is 12.9. The minimum atomic E-state index is -0.0857. The molecule has 0 saturated heterocycles. The van der Waals surface area contributed by atoms with E-state index in [1.165, 1.54) is 35.9 Å². The van der Waals surface area contributed by atoms with Gasteiger partial charge in [0.05, 0.1) is 31.2 Å². The topological polar surface area (TPSA) is 75.5 Å². The summed E-state index contributed by atoms with van der Waals surface area (Å²) in [5.41, 5.74) is 8.19. The molecule has 37 heavy (non-hydrogen) atoms. The summed E-state index contributed by atoms with van der Waals surface area (Å²) in [6.45, 7) is 3.01. The van der Waals surface area contributed by atoms with Crippen LogP contribution in [0.4, 0.5) is 10.5 Å². The van der Waals surface area contributed by atoms with Gasteiger partial charge in [0.2, 0.25) is 0 Å². The minimum absolute atomic E-state index is 0. The Morgan fingerprint density at radius 2 is 1.89 bits per heavy atom. The van der Waals surface area contributed by atoms with Crippen LogP contribution in [0.5, 0.6) is 11.5 Å². The van der Waals surface area contributed by atoms with E-state index in [1.54, 1.807) is 14.2 Å². The first-order valence-corrected chi connectivity index (χ1v) is 13.7. The minimum Gasteiger partial charge on any atom is -0.493 e. The van der Waals surface area contributed by atoms with Crippen molar-refractivity contribution in [3.05, 3.63) is 53.1 Å². The van der Waals surface area contributed by atoms with Gasteiger partial charge >= 0.3 is 0 Å². The normalized spacial score (nSPS) is 20.0. The molecule has 1 unspecified atom stereocenters. The zero-order valence-corrected chi connectivity index (χ0v) is 23.3. The molecule has 2 aromatic carbocycles. The van der Waals surface area contributed by atoms with Gasteiger partial charge in [-0.05, 0) is 73.6 Å². The molecule has 1 aliphatic carbocycles. The Morgan fingerprint density at radius 3 is 2.62 bits per heavy atom. The zero-order valence-electron chi connectivity index (χ0n) is 21.7. The number of aryl methyl sites for hydroxylation is 1. The molecule has 9 heteroatoms. The highest BCUT2D eigenvalue weighted by Gasteiger charge is 2.28. The Kier molecular flexibility index (Phi) is 9.03. The lowest BCUT2D eigenvalue weighted by molar-refractivity contribution is 0.260. The molecule has 7 nitrogen and oxygen atoms in total. The Balaban J connectivity index is 0.00000320. The van der Waals surface area contributed by atoms with Gasteiger partial charge in [0.1, 0.15) is 5.84 Å². The fourth-order valence-electron chi connectivity index (χ4n) is 5.37. The van der Waals surface area contributed by atoms with Crippen LogP contribution in [-0.2, 0) is 6.42 Å². The summed E-state index contributed by atoms with van der Waals surface area (Å²) in [6.07, 6.45) is 7.66. The van der Waals surface area contributed by atoms with Crippen molar-refractivity contribution in [3.8, 4) is 11.5 Å². The summed E-state index contributed by atoms with van der Waals surface area (Å²) < 4.78 is 11.1. The zero-order chi connectivity index (χ0) is 25.1. The number of carbonyl (C=O) groups excluding carboxylic acids is 1. The van der Waals surface area contributed by atoms with Gasteiger partial charge in [0.25, 0.3) is 5.24 Å². The predicted octanol–water partition coefficient (Wildman–Crippen LogP) is 6.21. The number of thioether (sulfide) groups is 1. The third-order valence-corrected chi connectivity index (χ3v) is 8.36. The van der Waals surface area contributed by atoms with Crippen LogP contribution in [0.2, 0.25) is 0 Å². The van der Waals surface area contributed by atoms with Crippen molar-refractivity contribution >= 4 is 46.6 Å². The summed E-state index contributed by atoms with van der Waals surface area (Å²) in [4.78, 5) is 19.5. The molecule has 2 heterocycles. The number of nitrogens with one attached hydrogen (secondary N) is 1. The molecule has 2 aliphatic heterocycles. The van der Waals surface area contributed by atoms with E-state index in [9.17, 15) is 4.79 Å². The van der Waals surface area contributed by atoms with E-state index in [2.05, 4.69) is 46.6 Å². The van der Waals surface area contributed by atoms with Crippen LogP contribution in [0.15, 0.2) is 46.5 Å². The second kappa shape index (κ2) is 12.2. The molecular formula is C28H35ClN4O3S. The SMILES string of the molecule is CCC1SC(=O)NN=C1c1ccc2c(c1)CCCN2C(=NC1CCCC1)c1ccc(OC)c(OC)c1.Cl. The number of hydrazone groups is 1. The molecule has 198 valence electrons. The highest BCUT2D eigenvalue weighted by atomic mass is 35.5. The van der Waals surface area contributed by atoms with E-state index < -0.39 is 0 Å². The summed E-state index contributed by atoms with van der Waals surface area (Å²) in [7, 11) is 3.33. The lowest BCUT2D eigenvalue weighted by Crippen LogP contribution is -2.37. The molecule has 0 aromatic heterocycles.